The number of aliphatic imine (C=N–C) groups is 1. The van der Waals surface area contributed by atoms with E-state index in [2.05, 4.69) is 15.6 Å². The lowest BCUT2D eigenvalue weighted by atomic mass is 9.54. The lowest BCUT2D eigenvalue weighted by Crippen LogP contribution is -2.68. The zero-order valence-electron chi connectivity index (χ0n) is 17.1. The van der Waals surface area contributed by atoms with Crippen molar-refractivity contribution in [2.45, 2.75) is 50.7 Å². The maximum absolute atomic E-state index is 6.10. The van der Waals surface area contributed by atoms with E-state index in [9.17, 15) is 0 Å². The van der Waals surface area contributed by atoms with Crippen LogP contribution in [0.5, 0.6) is 5.75 Å². The van der Waals surface area contributed by atoms with Gasteiger partial charge in [-0.05, 0) is 31.4 Å². The summed E-state index contributed by atoms with van der Waals surface area (Å²) in [6.07, 6.45) is 7.67. The van der Waals surface area contributed by atoms with Gasteiger partial charge in [-0.1, -0.05) is 18.9 Å². The highest BCUT2D eigenvalue weighted by Gasteiger charge is 2.65. The summed E-state index contributed by atoms with van der Waals surface area (Å²) >= 11 is 0. The Morgan fingerprint density at radius 1 is 1.29 bits per heavy atom. The number of methoxy groups -OCH3 is 1. The van der Waals surface area contributed by atoms with Crippen molar-refractivity contribution in [1.82, 2.24) is 5.32 Å². The monoisotopic (exact) mass is 387 g/mol. The fourth-order valence-electron chi connectivity index (χ4n) is 5.40. The van der Waals surface area contributed by atoms with Crippen LogP contribution in [0.3, 0.4) is 0 Å². The molecule has 2 saturated carbocycles. The molecule has 1 saturated heterocycles. The number of guanidine groups is 1. The van der Waals surface area contributed by atoms with Crippen LogP contribution >= 0.6 is 0 Å². The summed E-state index contributed by atoms with van der Waals surface area (Å²) in [5.41, 5.74) is 1.29. The molecule has 1 spiro atoms. The van der Waals surface area contributed by atoms with E-state index in [0.29, 0.717) is 36.7 Å². The van der Waals surface area contributed by atoms with Gasteiger partial charge in [-0.2, -0.15) is 0 Å². The van der Waals surface area contributed by atoms with E-state index in [1.165, 1.54) is 25.7 Å². The van der Waals surface area contributed by atoms with Crippen molar-refractivity contribution in [3.05, 3.63) is 24.3 Å². The van der Waals surface area contributed by atoms with Crippen molar-refractivity contribution < 1.29 is 14.2 Å². The summed E-state index contributed by atoms with van der Waals surface area (Å²) in [6.45, 7) is 2.27. The third-order valence-corrected chi connectivity index (χ3v) is 6.66. The van der Waals surface area contributed by atoms with Crippen LogP contribution in [0.25, 0.3) is 0 Å². The van der Waals surface area contributed by atoms with Crippen molar-refractivity contribution in [2.75, 3.05) is 39.3 Å². The van der Waals surface area contributed by atoms with Crippen molar-refractivity contribution in [2.24, 2.45) is 16.3 Å². The summed E-state index contributed by atoms with van der Waals surface area (Å²) in [7, 11) is 3.55. The number of anilines is 1. The minimum atomic E-state index is 0.311. The molecule has 3 aliphatic rings. The Bertz CT molecular complexity index is 687. The topological polar surface area (TPSA) is 64.1 Å². The van der Waals surface area contributed by atoms with Crippen LogP contribution in [0, 0.1) is 11.3 Å². The largest absolute Gasteiger partial charge is 0.493 e. The lowest BCUT2D eigenvalue weighted by Gasteiger charge is -2.57. The van der Waals surface area contributed by atoms with Gasteiger partial charge in [0.1, 0.15) is 5.75 Å². The summed E-state index contributed by atoms with van der Waals surface area (Å²) in [5.74, 6) is 2.31. The van der Waals surface area contributed by atoms with Crippen LogP contribution < -0.4 is 15.4 Å². The SMILES string of the molecule is CN=C(Nc1cccc(OCCCOC)c1)NC1C2CCOC2C12CCCC2. The van der Waals surface area contributed by atoms with Crippen molar-refractivity contribution >= 4 is 11.6 Å². The average molecular weight is 388 g/mol. The molecule has 3 unspecified atom stereocenters. The predicted octanol–water partition coefficient (Wildman–Crippen LogP) is 3.44. The molecule has 0 amide bonds. The van der Waals surface area contributed by atoms with Crippen LogP contribution in [0.4, 0.5) is 5.69 Å². The Morgan fingerprint density at radius 2 is 2.14 bits per heavy atom. The van der Waals surface area contributed by atoms with Crippen LogP contribution in [-0.2, 0) is 9.47 Å². The minimum Gasteiger partial charge on any atom is -0.493 e. The molecule has 1 aliphatic heterocycles. The number of benzene rings is 1. The Morgan fingerprint density at radius 3 is 2.93 bits per heavy atom. The normalized spacial score (nSPS) is 28.1. The van der Waals surface area contributed by atoms with E-state index in [1.54, 1.807) is 7.11 Å². The van der Waals surface area contributed by atoms with Crippen LogP contribution in [0.15, 0.2) is 29.3 Å². The molecule has 3 atom stereocenters. The quantitative estimate of drug-likeness (QED) is 0.426. The van der Waals surface area contributed by atoms with Gasteiger partial charge >= 0.3 is 0 Å². The molecule has 0 radical (unpaired) electrons. The first kappa shape index (κ1) is 19.5. The number of rotatable bonds is 7. The third kappa shape index (κ3) is 3.72. The van der Waals surface area contributed by atoms with E-state index >= 15 is 0 Å². The van der Waals surface area contributed by atoms with E-state index < -0.39 is 0 Å². The van der Waals surface area contributed by atoms with Gasteiger partial charge in [-0.25, -0.2) is 0 Å². The maximum atomic E-state index is 6.10. The Labute approximate surface area is 168 Å². The van der Waals surface area contributed by atoms with Crippen LogP contribution in [0.2, 0.25) is 0 Å². The second-order valence-electron chi connectivity index (χ2n) is 8.23. The van der Waals surface area contributed by atoms with Gasteiger partial charge in [0.25, 0.3) is 0 Å². The first-order valence-electron chi connectivity index (χ1n) is 10.6. The number of ether oxygens (including phenoxy) is 3. The summed E-state index contributed by atoms with van der Waals surface area (Å²) in [6, 6.07) is 8.51. The van der Waals surface area contributed by atoms with Crippen molar-refractivity contribution in [1.29, 1.82) is 0 Å². The van der Waals surface area contributed by atoms with Gasteiger partial charge in [0.2, 0.25) is 0 Å². The van der Waals surface area contributed by atoms with Gasteiger partial charge in [0.05, 0.1) is 12.7 Å². The number of fused-ring (bicyclic) bond motifs is 2. The summed E-state index contributed by atoms with van der Waals surface area (Å²) in [4.78, 5) is 4.49. The molecule has 2 N–H and O–H groups in total. The number of nitrogens with one attached hydrogen (secondary N) is 2. The lowest BCUT2D eigenvalue weighted by molar-refractivity contribution is -0.124. The molecule has 4 rings (SSSR count). The highest BCUT2D eigenvalue weighted by atomic mass is 16.5. The first-order chi connectivity index (χ1) is 13.8. The molecule has 1 aromatic carbocycles. The standard InChI is InChI=1S/C22H33N3O3/c1-23-21(24-16-7-5-8-17(15-16)27-13-6-12-26-2)25-19-18-9-14-28-20(18)22(19)10-3-4-11-22/h5,7-8,15,18-20H,3-4,6,9-14H2,1-2H3,(H2,23,24,25). The second kappa shape index (κ2) is 8.70. The first-order valence-corrected chi connectivity index (χ1v) is 10.6. The van der Waals surface area contributed by atoms with E-state index in [-0.39, 0.29) is 0 Å². The number of hydrogen-bond acceptors (Lipinski definition) is 4. The highest BCUT2D eigenvalue weighted by Crippen LogP contribution is 2.60. The molecule has 0 aromatic heterocycles. The van der Waals surface area contributed by atoms with Gasteiger partial charge in [-0.15, -0.1) is 0 Å². The Balaban J connectivity index is 1.37. The predicted molar refractivity (Wildman–Crippen MR) is 111 cm³/mol. The van der Waals surface area contributed by atoms with Crippen molar-refractivity contribution in [3.8, 4) is 5.75 Å². The second-order valence-corrected chi connectivity index (χ2v) is 8.23. The molecule has 2 aliphatic carbocycles. The van der Waals surface area contributed by atoms with Crippen molar-refractivity contribution in [3.63, 3.8) is 0 Å². The van der Waals surface area contributed by atoms with Crippen LogP contribution in [-0.4, -0.2) is 52.1 Å². The zero-order valence-corrected chi connectivity index (χ0v) is 17.1. The van der Waals surface area contributed by atoms with Gasteiger partial charge in [-0.3, -0.25) is 4.99 Å². The molecule has 0 bridgehead atoms. The molecule has 1 aromatic rings. The fraction of sp³-hybridized carbons (Fsp3) is 0.682. The fourth-order valence-corrected chi connectivity index (χ4v) is 5.40. The third-order valence-electron chi connectivity index (χ3n) is 6.66. The van der Waals surface area contributed by atoms with Gasteiger partial charge in [0, 0.05) is 62.9 Å². The molecular formula is C22H33N3O3. The average Bonchev–Trinajstić information content (AvgIpc) is 3.37. The molecule has 6 heteroatoms. The number of nitrogens with zero attached hydrogens (tertiary/aromatic N) is 1. The summed E-state index contributed by atoms with van der Waals surface area (Å²) in [5, 5.41) is 7.19. The zero-order chi connectivity index (χ0) is 19.4. The minimum absolute atomic E-state index is 0.311. The summed E-state index contributed by atoms with van der Waals surface area (Å²) < 4.78 is 17.0. The van der Waals surface area contributed by atoms with E-state index in [4.69, 9.17) is 14.2 Å². The molecule has 6 nitrogen and oxygen atoms in total. The van der Waals surface area contributed by atoms with E-state index in [1.807, 2.05) is 31.3 Å². The highest BCUT2D eigenvalue weighted by molar-refractivity contribution is 5.94. The molecule has 28 heavy (non-hydrogen) atoms. The molecule has 3 fully saturated rings. The molecule has 1 heterocycles. The maximum Gasteiger partial charge on any atom is 0.195 e. The van der Waals surface area contributed by atoms with Crippen LogP contribution in [0.1, 0.15) is 38.5 Å². The molecular weight excluding hydrogens is 354 g/mol. The smallest absolute Gasteiger partial charge is 0.195 e. The molecule has 154 valence electrons. The number of hydrogen-bond donors (Lipinski definition) is 2. The van der Waals surface area contributed by atoms with Gasteiger partial charge in [0.15, 0.2) is 5.96 Å². The van der Waals surface area contributed by atoms with E-state index in [0.717, 1.165) is 36.8 Å². The van der Waals surface area contributed by atoms with Gasteiger partial charge < -0.3 is 24.8 Å². The Hall–Kier alpha value is -1.79. The Kier molecular flexibility index (Phi) is 6.07.